The van der Waals surface area contributed by atoms with Crippen LogP contribution in [0, 0.1) is 0 Å². The number of hydrogen-bond donors (Lipinski definition) is 0. The number of esters is 1. The van der Waals surface area contributed by atoms with E-state index in [-0.39, 0.29) is 6.42 Å². The molecule has 0 aliphatic carbocycles. The number of alkyl halides is 3. The predicted octanol–water partition coefficient (Wildman–Crippen LogP) is 2.31. The lowest BCUT2D eigenvalue weighted by atomic mass is 10.0. The Morgan fingerprint density at radius 2 is 2.00 bits per heavy atom. The molecule has 1 amide bonds. The van der Waals surface area contributed by atoms with Crippen LogP contribution in [0.25, 0.3) is 0 Å². The molecule has 1 aromatic rings. The summed E-state index contributed by atoms with van der Waals surface area (Å²) in [7, 11) is 1.07. The van der Waals surface area contributed by atoms with Gasteiger partial charge in [-0.1, -0.05) is 18.2 Å². The lowest BCUT2D eigenvalue weighted by Crippen LogP contribution is -2.36. The van der Waals surface area contributed by atoms with Crippen LogP contribution in [-0.2, 0) is 9.53 Å². The topological polar surface area (TPSA) is 46.6 Å². The molecule has 0 radical (unpaired) electrons. The molecule has 1 aliphatic heterocycles. The van der Waals surface area contributed by atoms with Crippen LogP contribution in [0.5, 0.6) is 0 Å². The predicted molar refractivity (Wildman–Crippen MR) is 62.9 cm³/mol. The highest BCUT2D eigenvalue weighted by atomic mass is 19.4. The van der Waals surface area contributed by atoms with E-state index in [0.29, 0.717) is 16.0 Å². The van der Waals surface area contributed by atoms with Gasteiger partial charge in [-0.05, 0) is 6.07 Å². The Morgan fingerprint density at radius 1 is 1.35 bits per heavy atom. The highest BCUT2D eigenvalue weighted by Gasteiger charge is 2.35. The number of rotatable bonds is 3. The summed E-state index contributed by atoms with van der Waals surface area (Å²) in [6, 6.07) is 6.52. The molecular weight excluding hydrogens is 275 g/mol. The molecule has 20 heavy (non-hydrogen) atoms. The minimum Gasteiger partial charge on any atom is -0.453 e. The average molecular weight is 287 g/mol. The van der Waals surface area contributed by atoms with Gasteiger partial charge in [0.15, 0.2) is 0 Å². The van der Waals surface area contributed by atoms with Crippen molar-refractivity contribution in [3.8, 4) is 0 Å². The molecule has 0 N–H and O–H groups in total. The second-order valence-electron chi connectivity index (χ2n) is 4.55. The number of halogens is 3. The van der Waals surface area contributed by atoms with Gasteiger partial charge in [-0.2, -0.15) is 13.2 Å². The first-order valence-electron chi connectivity index (χ1n) is 5.88. The van der Waals surface area contributed by atoms with Crippen LogP contribution in [-0.4, -0.2) is 36.5 Å². The first-order chi connectivity index (χ1) is 9.28. The van der Waals surface area contributed by atoms with E-state index in [1.165, 1.54) is 0 Å². The maximum Gasteiger partial charge on any atom is 0.406 e. The van der Waals surface area contributed by atoms with Gasteiger partial charge < -0.3 is 9.64 Å². The molecule has 108 valence electrons. The molecule has 0 spiro atoms. The lowest BCUT2D eigenvalue weighted by Gasteiger charge is -2.20. The number of ether oxygens (including phenoxy) is 1. The third-order valence-corrected chi connectivity index (χ3v) is 2.98. The van der Waals surface area contributed by atoms with Gasteiger partial charge in [0.1, 0.15) is 12.6 Å². The van der Waals surface area contributed by atoms with Crippen molar-refractivity contribution in [1.82, 2.24) is 4.90 Å². The van der Waals surface area contributed by atoms with Crippen molar-refractivity contribution in [2.45, 2.75) is 18.7 Å². The van der Waals surface area contributed by atoms with Crippen molar-refractivity contribution in [2.24, 2.45) is 0 Å². The zero-order chi connectivity index (χ0) is 14.9. The van der Waals surface area contributed by atoms with Gasteiger partial charge in [-0.15, -0.1) is 0 Å². The number of fused-ring (bicyclic) bond motifs is 1. The van der Waals surface area contributed by atoms with E-state index >= 15 is 0 Å². The third-order valence-electron chi connectivity index (χ3n) is 2.98. The Kier molecular flexibility index (Phi) is 3.69. The van der Waals surface area contributed by atoms with Gasteiger partial charge in [0.2, 0.25) is 5.91 Å². The minimum absolute atomic E-state index is 0.296. The fraction of sp³-hybridized carbons (Fsp3) is 0.385. The van der Waals surface area contributed by atoms with Crippen molar-refractivity contribution in [3.63, 3.8) is 0 Å². The van der Waals surface area contributed by atoms with E-state index in [2.05, 4.69) is 0 Å². The molecule has 1 heterocycles. The van der Waals surface area contributed by atoms with Crippen LogP contribution in [0.15, 0.2) is 24.3 Å². The fourth-order valence-electron chi connectivity index (χ4n) is 2.04. The van der Waals surface area contributed by atoms with Crippen LogP contribution in [0.1, 0.15) is 28.4 Å². The quantitative estimate of drug-likeness (QED) is 0.801. The van der Waals surface area contributed by atoms with Crippen LogP contribution in [0.3, 0.4) is 0 Å². The summed E-state index contributed by atoms with van der Waals surface area (Å²) in [4.78, 5) is 23.8. The van der Waals surface area contributed by atoms with E-state index in [4.69, 9.17) is 4.74 Å². The number of nitrogens with zero attached hydrogens (tertiary/aromatic N) is 1. The molecule has 2 rings (SSSR count). The molecule has 7 heteroatoms. The smallest absolute Gasteiger partial charge is 0.406 e. The number of benzene rings is 1. The first kappa shape index (κ1) is 14.4. The molecule has 0 bridgehead atoms. The van der Waals surface area contributed by atoms with Crippen molar-refractivity contribution in [1.29, 1.82) is 0 Å². The summed E-state index contributed by atoms with van der Waals surface area (Å²) in [5.41, 5.74) is 0.884. The highest BCUT2D eigenvalue weighted by Crippen LogP contribution is 2.33. The largest absolute Gasteiger partial charge is 0.453 e. The molecular formula is C13H12F3NO3. The Morgan fingerprint density at radius 3 is 2.65 bits per heavy atom. The van der Waals surface area contributed by atoms with Gasteiger partial charge in [0, 0.05) is 12.6 Å². The normalized spacial score (nSPS) is 17.6. The van der Waals surface area contributed by atoms with Crippen molar-refractivity contribution < 1.29 is 27.5 Å². The number of amides is 1. The summed E-state index contributed by atoms with van der Waals surface area (Å²) >= 11 is 0. The molecule has 0 aromatic heterocycles. The van der Waals surface area contributed by atoms with Gasteiger partial charge in [-0.25, -0.2) is 4.79 Å². The molecule has 4 nitrogen and oxygen atoms in total. The molecule has 0 unspecified atom stereocenters. The van der Waals surface area contributed by atoms with E-state index < -0.39 is 30.7 Å². The Balaban J connectivity index is 2.05. The van der Waals surface area contributed by atoms with Crippen LogP contribution >= 0.6 is 0 Å². The van der Waals surface area contributed by atoms with Gasteiger partial charge >= 0.3 is 12.1 Å². The standard InChI is InChI=1S/C13H12F3NO3/c1-17(7-13(14,15)16)11(18)6-10-8-4-2-3-5-9(8)12(19)20-10/h2-5,10H,6-7H2,1H3/t10-/m1/s1. The summed E-state index contributed by atoms with van der Waals surface area (Å²) in [5, 5.41) is 0. The summed E-state index contributed by atoms with van der Waals surface area (Å²) in [6.07, 6.45) is -5.56. The number of hydrogen-bond acceptors (Lipinski definition) is 3. The Bertz CT molecular complexity index is 542. The maximum atomic E-state index is 12.2. The van der Waals surface area contributed by atoms with Crippen LogP contribution in [0.2, 0.25) is 0 Å². The second kappa shape index (κ2) is 5.15. The SMILES string of the molecule is CN(CC(F)(F)F)C(=O)C[C@H]1OC(=O)c2ccccc21. The Hall–Kier alpha value is -2.05. The minimum atomic E-state index is -4.45. The lowest BCUT2D eigenvalue weighted by molar-refractivity contribution is -0.159. The van der Waals surface area contributed by atoms with Crippen LogP contribution < -0.4 is 0 Å². The fourth-order valence-corrected chi connectivity index (χ4v) is 2.04. The summed E-state index contributed by atoms with van der Waals surface area (Å²) < 4.78 is 41.6. The molecule has 0 saturated heterocycles. The van der Waals surface area contributed by atoms with E-state index in [9.17, 15) is 22.8 Å². The molecule has 1 aromatic carbocycles. The molecule has 0 saturated carbocycles. The number of carbonyl (C=O) groups is 2. The third kappa shape index (κ3) is 3.09. The van der Waals surface area contributed by atoms with Gasteiger partial charge in [0.25, 0.3) is 0 Å². The number of carbonyl (C=O) groups excluding carboxylic acids is 2. The first-order valence-corrected chi connectivity index (χ1v) is 5.88. The van der Waals surface area contributed by atoms with E-state index in [1.807, 2.05) is 0 Å². The molecule has 1 atom stereocenters. The van der Waals surface area contributed by atoms with Gasteiger partial charge in [-0.3, -0.25) is 4.79 Å². The van der Waals surface area contributed by atoms with Crippen LogP contribution in [0.4, 0.5) is 13.2 Å². The van der Waals surface area contributed by atoms with Gasteiger partial charge in [0.05, 0.1) is 12.0 Å². The second-order valence-corrected chi connectivity index (χ2v) is 4.55. The zero-order valence-corrected chi connectivity index (χ0v) is 10.6. The van der Waals surface area contributed by atoms with Crippen molar-refractivity contribution >= 4 is 11.9 Å². The van der Waals surface area contributed by atoms with Crippen molar-refractivity contribution in [2.75, 3.05) is 13.6 Å². The Labute approximate surface area is 113 Å². The highest BCUT2D eigenvalue weighted by molar-refractivity contribution is 5.94. The zero-order valence-electron chi connectivity index (χ0n) is 10.6. The van der Waals surface area contributed by atoms with E-state index in [0.717, 1.165) is 7.05 Å². The van der Waals surface area contributed by atoms with E-state index in [1.54, 1.807) is 24.3 Å². The summed E-state index contributed by atoms with van der Waals surface area (Å²) in [6.45, 7) is -1.33. The molecule has 0 fully saturated rings. The number of cyclic esters (lactones) is 1. The maximum absolute atomic E-state index is 12.2. The molecule has 1 aliphatic rings. The average Bonchev–Trinajstić information content (AvgIpc) is 2.65. The summed E-state index contributed by atoms with van der Waals surface area (Å²) in [5.74, 6) is -1.28. The van der Waals surface area contributed by atoms with Crippen molar-refractivity contribution in [3.05, 3.63) is 35.4 Å². The monoisotopic (exact) mass is 287 g/mol.